The summed E-state index contributed by atoms with van der Waals surface area (Å²) < 4.78 is 71.5. The quantitative estimate of drug-likeness (QED) is 0.0285. The zero-order valence-corrected chi connectivity index (χ0v) is 49.3. The van der Waals surface area contributed by atoms with Crippen LogP contribution in [-0.2, 0) is 68.0 Å². The second kappa shape index (κ2) is 26.5. The monoisotopic (exact) mass is 1150 g/mol. The fourth-order valence-electron chi connectivity index (χ4n) is 11.5. The summed E-state index contributed by atoms with van der Waals surface area (Å²) in [5.74, 6) is 1.20. The van der Waals surface area contributed by atoms with Crippen LogP contribution in [0.3, 0.4) is 0 Å². The number of amides is 2. The van der Waals surface area contributed by atoms with Crippen molar-refractivity contribution in [2.75, 3.05) is 86.5 Å². The van der Waals surface area contributed by atoms with E-state index in [0.29, 0.717) is 99.3 Å². The summed E-state index contributed by atoms with van der Waals surface area (Å²) in [7, 11) is 2.35. The van der Waals surface area contributed by atoms with Gasteiger partial charge in [0.25, 0.3) is 21.9 Å². The maximum absolute atomic E-state index is 14.6. The van der Waals surface area contributed by atoms with E-state index in [9.17, 15) is 27.4 Å². The Morgan fingerprint density at radius 1 is 0.750 bits per heavy atom. The fraction of sp³-hybridized carbons (Fsp3) is 0.468. The van der Waals surface area contributed by atoms with Gasteiger partial charge in [0.15, 0.2) is 11.5 Å². The smallest absolute Gasteiger partial charge is 0.265 e. The van der Waals surface area contributed by atoms with Gasteiger partial charge in [0.05, 0.1) is 45.9 Å². The first-order valence-corrected chi connectivity index (χ1v) is 31.7. The maximum atomic E-state index is 14.6. The topological polar surface area (TPSA) is 171 Å². The van der Waals surface area contributed by atoms with Crippen molar-refractivity contribution in [1.29, 1.82) is 0 Å². The molecule has 0 saturated carbocycles. The third kappa shape index (κ3) is 14.3. The van der Waals surface area contributed by atoms with Crippen LogP contribution in [0, 0.1) is 12.8 Å². The highest BCUT2D eigenvalue weighted by atomic mass is 33.1. The minimum Gasteiger partial charge on any atom is -0.493 e. The first kappa shape index (κ1) is 59.0. The van der Waals surface area contributed by atoms with E-state index in [1.54, 1.807) is 45.7 Å². The molecule has 0 saturated heterocycles. The van der Waals surface area contributed by atoms with Gasteiger partial charge in [-0.15, -0.1) is 0 Å². The van der Waals surface area contributed by atoms with E-state index in [1.165, 1.54) is 12.7 Å². The van der Waals surface area contributed by atoms with E-state index in [2.05, 4.69) is 43.0 Å². The largest absolute Gasteiger partial charge is 0.493 e. The molecule has 0 aromatic heterocycles. The molecule has 1 N–H and O–H groups in total. The lowest BCUT2D eigenvalue weighted by Crippen LogP contribution is -2.43. The minimum atomic E-state index is -4.41. The van der Waals surface area contributed by atoms with E-state index in [1.807, 2.05) is 73.3 Å². The number of hydrogen-bond acceptors (Lipinski definition) is 14. The summed E-state index contributed by atoms with van der Waals surface area (Å²) in [6.45, 7) is 12.1. The van der Waals surface area contributed by atoms with Gasteiger partial charge in [-0.1, -0.05) is 64.9 Å². The van der Waals surface area contributed by atoms with Crippen molar-refractivity contribution in [2.24, 2.45) is 5.92 Å². The number of hydrogen-bond donors (Lipinski definition) is 1. The average molecular weight is 1150 g/mol. The number of para-hydroxylation sites is 2. The number of ether oxygens (including phenoxy) is 6. The molecule has 15 nitrogen and oxygen atoms in total. The van der Waals surface area contributed by atoms with Gasteiger partial charge in [-0.3, -0.25) is 18.9 Å². The van der Waals surface area contributed by atoms with Crippen molar-refractivity contribution in [3.63, 3.8) is 0 Å². The van der Waals surface area contributed by atoms with Crippen LogP contribution in [-0.4, -0.2) is 119 Å². The lowest BCUT2D eigenvalue weighted by atomic mass is 9.91. The molecule has 9 rings (SSSR count). The number of Topliss-reactive ketones (excluding diaryl/α,β-unsaturated/α-hetero) is 1. The van der Waals surface area contributed by atoms with Crippen LogP contribution < -0.4 is 28.9 Å². The summed E-state index contributed by atoms with van der Waals surface area (Å²) in [4.78, 5) is 46.9. The molecular formula is C62H75N3O12S3. The van der Waals surface area contributed by atoms with Crippen molar-refractivity contribution >= 4 is 66.4 Å². The third-order valence-electron chi connectivity index (χ3n) is 15.4. The first-order valence-electron chi connectivity index (χ1n) is 27.8. The second-order valence-electron chi connectivity index (χ2n) is 21.8. The molecule has 3 atom stereocenters. The number of carbonyl (C=O) groups excluding carboxylic acids is 3. The highest BCUT2D eigenvalue weighted by Gasteiger charge is 2.44. The number of methoxy groups -OCH3 is 2. The van der Waals surface area contributed by atoms with Crippen LogP contribution in [0.25, 0.3) is 0 Å². The second-order valence-corrected chi connectivity index (χ2v) is 26.4. The molecule has 5 aromatic carbocycles. The van der Waals surface area contributed by atoms with Crippen molar-refractivity contribution in [2.45, 2.75) is 109 Å². The zero-order valence-electron chi connectivity index (χ0n) is 46.8. The van der Waals surface area contributed by atoms with Gasteiger partial charge >= 0.3 is 0 Å². The molecule has 0 spiro atoms. The molecule has 0 fully saturated rings. The number of benzene rings is 5. The number of aryl methyl sites for hydroxylation is 2. The molecule has 4 heterocycles. The van der Waals surface area contributed by atoms with Crippen LogP contribution in [0.2, 0.25) is 0 Å². The van der Waals surface area contributed by atoms with Crippen molar-refractivity contribution < 1.29 is 55.8 Å². The van der Waals surface area contributed by atoms with E-state index in [0.717, 1.165) is 76.3 Å². The summed E-state index contributed by atoms with van der Waals surface area (Å²) in [6, 6.07) is 29.2. The molecule has 0 aliphatic carbocycles. The predicted molar refractivity (Wildman–Crippen MR) is 317 cm³/mol. The lowest BCUT2D eigenvalue weighted by molar-refractivity contribution is -0.118. The van der Waals surface area contributed by atoms with Crippen LogP contribution in [0.1, 0.15) is 106 Å². The minimum absolute atomic E-state index is 0.0231. The fourth-order valence-corrected chi connectivity index (χ4v) is 15.0. The first-order chi connectivity index (χ1) is 38.5. The average Bonchev–Trinajstić information content (AvgIpc) is 4.17. The maximum Gasteiger partial charge on any atom is 0.265 e. The van der Waals surface area contributed by atoms with Gasteiger partial charge in [-0.05, 0) is 153 Å². The Kier molecular flexibility index (Phi) is 19.6. The molecule has 0 radical (unpaired) electrons. The molecule has 1 unspecified atom stereocenters. The van der Waals surface area contributed by atoms with E-state index >= 15 is 0 Å². The van der Waals surface area contributed by atoms with Crippen molar-refractivity contribution in [3.05, 3.63) is 141 Å². The van der Waals surface area contributed by atoms with Crippen LogP contribution >= 0.6 is 21.6 Å². The summed E-state index contributed by atoms with van der Waals surface area (Å²) in [6.07, 6.45) is 5.06. The zero-order chi connectivity index (χ0) is 56.6. The molecule has 5 aromatic rings. The standard InChI is InChI=1S/C62H75N3O12S3/c1-7-51(66)15-12-26-78-79-62(3,4)40-63(20-21-74-24-25-75-23-22-72-5)50-29-42(37-76-57-34-44-18-19-49-32-45-13-8-10-16-54(45)64(49)60(67)52(44)27-41(57)2)28-43(30-50)38-77-59-35-47-31-48(39-80(69,70)71)56-33-46-14-9-11-17-55(46)65(56)61(68)53(47)36-58(59)73-6/h8-11,13-14,16-17,27-30,34-36,48-49,56H,7,12,15,18-26,31-33,37-40H2,1-6H3,(H,69,70,71)/t48?,49-,56+/m1/s1. The molecule has 4 aliphatic heterocycles. The molecule has 428 valence electrons. The number of anilines is 3. The predicted octanol–water partition coefficient (Wildman–Crippen LogP) is 10.7. The Hall–Kier alpha value is -5.60. The number of carbonyl (C=O) groups is 3. The van der Waals surface area contributed by atoms with Gasteiger partial charge in [0, 0.05) is 89.7 Å². The van der Waals surface area contributed by atoms with E-state index in [4.69, 9.17) is 28.4 Å². The molecule has 0 bridgehead atoms. The third-order valence-corrected chi connectivity index (χ3v) is 19.6. The lowest BCUT2D eigenvalue weighted by Gasteiger charge is -2.34. The number of nitrogens with zero attached hydrogens (tertiary/aromatic N) is 3. The van der Waals surface area contributed by atoms with Gasteiger partial charge in [-0.2, -0.15) is 8.42 Å². The number of fused-ring (bicyclic) bond motifs is 8. The van der Waals surface area contributed by atoms with Gasteiger partial charge in [0.1, 0.15) is 24.7 Å². The van der Waals surface area contributed by atoms with Crippen molar-refractivity contribution in [1.82, 2.24) is 0 Å². The van der Waals surface area contributed by atoms with Crippen LogP contribution in [0.15, 0.2) is 91.0 Å². The summed E-state index contributed by atoms with van der Waals surface area (Å²) >= 11 is 0. The summed E-state index contributed by atoms with van der Waals surface area (Å²) in [5, 5.41) is 0. The molecular weight excluding hydrogens is 1070 g/mol. The highest BCUT2D eigenvalue weighted by Crippen LogP contribution is 2.44. The molecule has 18 heteroatoms. The van der Waals surface area contributed by atoms with E-state index < -0.39 is 27.8 Å². The van der Waals surface area contributed by atoms with Crippen molar-refractivity contribution in [3.8, 4) is 17.2 Å². The Morgan fingerprint density at radius 3 is 2.09 bits per heavy atom. The van der Waals surface area contributed by atoms with Gasteiger partial charge < -0.3 is 43.1 Å². The molecule has 4 aliphatic rings. The molecule has 2 amide bonds. The number of rotatable bonds is 28. The summed E-state index contributed by atoms with van der Waals surface area (Å²) in [5.41, 5.74) is 10.0. The SMILES string of the molecule is CCC(=O)CCCSSC(C)(C)CN(CCOCCOCCOC)c1cc(COc2cc3c(cc2C)C(=O)N2c4ccccc4C[C@H]2CC3)cc(COc2cc3c(cc2OC)C(=O)N2c4ccccc4C[C@H]2C(CS(=O)(=O)O)C3)c1. The van der Waals surface area contributed by atoms with Crippen LogP contribution in [0.5, 0.6) is 17.2 Å². The Morgan fingerprint density at radius 2 is 1.39 bits per heavy atom. The normalized spacial score (nSPS) is 17.4. The Labute approximate surface area is 479 Å². The van der Waals surface area contributed by atoms with E-state index in [-0.39, 0.29) is 48.0 Å². The number of ketones is 1. The van der Waals surface area contributed by atoms with Gasteiger partial charge in [0.2, 0.25) is 0 Å². The molecule has 80 heavy (non-hydrogen) atoms. The highest BCUT2D eigenvalue weighted by molar-refractivity contribution is 8.77. The van der Waals surface area contributed by atoms with Crippen LogP contribution in [0.4, 0.5) is 17.1 Å². The Balaban J connectivity index is 1.02. The van der Waals surface area contributed by atoms with Gasteiger partial charge in [-0.25, -0.2) is 0 Å². The Bertz CT molecular complexity index is 3150.